The molecular weight excluding hydrogens is 402 g/mol. The number of aromatic amines is 1. The molecule has 0 radical (unpaired) electrons. The Hall–Kier alpha value is -2.36. The molecule has 30 heavy (non-hydrogen) atoms. The number of benzene rings is 1. The largest absolute Gasteiger partial charge is 0.378 e. The molecule has 5 rings (SSSR count). The van der Waals surface area contributed by atoms with E-state index in [0.717, 1.165) is 46.9 Å². The Morgan fingerprint density at radius 1 is 1.20 bits per heavy atom. The van der Waals surface area contributed by atoms with Gasteiger partial charge < -0.3 is 19.4 Å². The highest BCUT2D eigenvalue weighted by molar-refractivity contribution is 7.99. The minimum absolute atomic E-state index is 0.114. The molecule has 1 atom stereocenters. The van der Waals surface area contributed by atoms with E-state index in [1.165, 1.54) is 11.8 Å². The van der Waals surface area contributed by atoms with Gasteiger partial charge in [-0.3, -0.25) is 9.36 Å². The van der Waals surface area contributed by atoms with Crippen molar-refractivity contribution in [2.45, 2.75) is 30.6 Å². The van der Waals surface area contributed by atoms with Gasteiger partial charge in [0.15, 0.2) is 11.0 Å². The number of nitrogens with one attached hydrogen (secondary N) is 1. The van der Waals surface area contributed by atoms with Crippen molar-refractivity contribution in [1.82, 2.24) is 24.6 Å². The molecule has 2 fully saturated rings. The normalized spacial score (nSPS) is 19.6. The number of carbonyl (C=O) groups excluding carboxylic acids is 1. The number of hydrogen-bond donors (Lipinski definition) is 1. The molecule has 0 bridgehead atoms. The fourth-order valence-electron chi connectivity index (χ4n) is 4.04. The molecule has 2 aliphatic rings. The molecule has 0 unspecified atom stereocenters. The van der Waals surface area contributed by atoms with Crippen molar-refractivity contribution >= 4 is 28.6 Å². The van der Waals surface area contributed by atoms with Crippen LogP contribution in [0.2, 0.25) is 0 Å². The molecule has 4 heterocycles. The first-order valence-corrected chi connectivity index (χ1v) is 11.4. The molecule has 0 saturated carbocycles. The number of thioether (sulfide) groups is 1. The van der Waals surface area contributed by atoms with Crippen molar-refractivity contribution in [3.8, 4) is 11.4 Å². The second-order valence-corrected chi connectivity index (χ2v) is 8.52. The van der Waals surface area contributed by atoms with Crippen molar-refractivity contribution < 1.29 is 14.3 Å². The van der Waals surface area contributed by atoms with Gasteiger partial charge in [0.05, 0.1) is 31.6 Å². The number of H-pyrrole nitrogens is 1. The Balaban J connectivity index is 1.41. The fraction of sp³-hybridized carbons (Fsp3) is 0.476. The summed E-state index contributed by atoms with van der Waals surface area (Å²) in [6.45, 7) is 4.01. The molecule has 0 aliphatic carbocycles. The Bertz CT molecular complexity index is 1020. The monoisotopic (exact) mass is 427 g/mol. The van der Waals surface area contributed by atoms with Crippen LogP contribution < -0.4 is 0 Å². The van der Waals surface area contributed by atoms with Crippen LogP contribution in [0.25, 0.3) is 22.3 Å². The second kappa shape index (κ2) is 8.79. The second-order valence-electron chi connectivity index (χ2n) is 7.58. The van der Waals surface area contributed by atoms with Crippen LogP contribution >= 0.6 is 11.8 Å². The first kappa shape index (κ1) is 19.6. The van der Waals surface area contributed by atoms with Crippen LogP contribution in [-0.2, 0) is 20.8 Å². The van der Waals surface area contributed by atoms with E-state index in [1.54, 1.807) is 0 Å². The van der Waals surface area contributed by atoms with Gasteiger partial charge in [0.25, 0.3) is 0 Å². The van der Waals surface area contributed by atoms with Gasteiger partial charge in [-0.2, -0.15) is 0 Å². The number of carbonyl (C=O) groups is 1. The first-order chi connectivity index (χ1) is 14.8. The maximum absolute atomic E-state index is 12.6. The molecule has 2 aliphatic heterocycles. The van der Waals surface area contributed by atoms with E-state index in [9.17, 15) is 4.79 Å². The summed E-state index contributed by atoms with van der Waals surface area (Å²) in [4.78, 5) is 17.8. The van der Waals surface area contributed by atoms with Crippen LogP contribution in [0.5, 0.6) is 0 Å². The molecule has 8 nitrogen and oxygen atoms in total. The summed E-state index contributed by atoms with van der Waals surface area (Å²) >= 11 is 1.45. The Labute approximate surface area is 178 Å². The van der Waals surface area contributed by atoms with Crippen LogP contribution in [0.15, 0.2) is 35.6 Å². The van der Waals surface area contributed by atoms with Crippen LogP contribution in [-0.4, -0.2) is 75.3 Å². The van der Waals surface area contributed by atoms with E-state index in [4.69, 9.17) is 9.47 Å². The van der Waals surface area contributed by atoms with Gasteiger partial charge in [-0.05, 0) is 18.9 Å². The van der Waals surface area contributed by atoms with Crippen LogP contribution in [0, 0.1) is 0 Å². The molecule has 2 aromatic heterocycles. The lowest BCUT2D eigenvalue weighted by Crippen LogP contribution is -2.41. The summed E-state index contributed by atoms with van der Waals surface area (Å²) in [5.41, 5.74) is 2.08. The number of amides is 1. The number of ether oxygens (including phenoxy) is 2. The van der Waals surface area contributed by atoms with Gasteiger partial charge in [0, 0.05) is 42.4 Å². The zero-order valence-corrected chi connectivity index (χ0v) is 17.6. The van der Waals surface area contributed by atoms with Gasteiger partial charge in [0.1, 0.15) is 0 Å². The molecule has 3 aromatic rings. The molecular formula is C21H25N5O3S. The van der Waals surface area contributed by atoms with E-state index >= 15 is 0 Å². The zero-order chi connectivity index (χ0) is 20.3. The number of fused-ring (bicyclic) bond motifs is 1. The molecule has 0 spiro atoms. The first-order valence-electron chi connectivity index (χ1n) is 10.4. The minimum Gasteiger partial charge on any atom is -0.378 e. The highest BCUT2D eigenvalue weighted by atomic mass is 32.2. The number of para-hydroxylation sites is 1. The molecule has 9 heteroatoms. The maximum Gasteiger partial charge on any atom is 0.233 e. The smallest absolute Gasteiger partial charge is 0.233 e. The predicted octanol–water partition coefficient (Wildman–Crippen LogP) is 2.56. The lowest BCUT2D eigenvalue weighted by molar-refractivity contribution is -0.132. The van der Waals surface area contributed by atoms with Gasteiger partial charge in [-0.1, -0.05) is 30.0 Å². The minimum atomic E-state index is 0.114. The standard InChI is InChI=1S/C21H25N5O3S/c27-19(25-7-10-28-11-8-25)14-30-21-24-23-20(26(21)13-15-4-3-9-29-15)17-12-22-18-6-2-1-5-16(17)18/h1-2,5-6,12,15,22H,3-4,7-11,13-14H2/t15-/m0/s1. The Morgan fingerprint density at radius 2 is 2.07 bits per heavy atom. The van der Waals surface area contributed by atoms with Crippen molar-refractivity contribution in [3.05, 3.63) is 30.5 Å². The molecule has 158 valence electrons. The highest BCUT2D eigenvalue weighted by Gasteiger charge is 2.24. The quantitative estimate of drug-likeness (QED) is 0.609. The van der Waals surface area contributed by atoms with Crippen LogP contribution in [0.1, 0.15) is 12.8 Å². The SMILES string of the molecule is O=C(CSc1nnc(-c2c[nH]c3ccccc23)n1C[C@@H]1CCCO1)N1CCOCC1. The zero-order valence-electron chi connectivity index (χ0n) is 16.7. The van der Waals surface area contributed by atoms with Crippen molar-refractivity contribution in [2.24, 2.45) is 0 Å². The van der Waals surface area contributed by atoms with Crippen LogP contribution in [0.4, 0.5) is 0 Å². The lowest BCUT2D eigenvalue weighted by atomic mass is 10.1. The number of aromatic nitrogens is 4. The van der Waals surface area contributed by atoms with E-state index in [2.05, 4.69) is 31.9 Å². The summed E-state index contributed by atoms with van der Waals surface area (Å²) in [7, 11) is 0. The van der Waals surface area contributed by atoms with Crippen LogP contribution in [0.3, 0.4) is 0 Å². The van der Waals surface area contributed by atoms with E-state index < -0.39 is 0 Å². The van der Waals surface area contributed by atoms with Gasteiger partial charge in [-0.25, -0.2) is 0 Å². The van der Waals surface area contributed by atoms with E-state index in [1.807, 2.05) is 23.2 Å². The summed E-state index contributed by atoms with van der Waals surface area (Å²) in [5.74, 6) is 1.27. The number of hydrogen-bond acceptors (Lipinski definition) is 6. The summed E-state index contributed by atoms with van der Waals surface area (Å²) in [6, 6.07) is 8.17. The molecule has 1 N–H and O–H groups in total. The number of morpholine rings is 1. The average molecular weight is 428 g/mol. The maximum atomic E-state index is 12.6. The highest BCUT2D eigenvalue weighted by Crippen LogP contribution is 2.31. The van der Waals surface area contributed by atoms with Crippen molar-refractivity contribution in [3.63, 3.8) is 0 Å². The van der Waals surface area contributed by atoms with Gasteiger partial charge in [0.2, 0.25) is 5.91 Å². The number of rotatable bonds is 6. The summed E-state index contributed by atoms with van der Waals surface area (Å²) in [6.07, 6.45) is 4.24. The third-order valence-corrected chi connectivity index (χ3v) is 6.60. The molecule has 1 aromatic carbocycles. The summed E-state index contributed by atoms with van der Waals surface area (Å²) < 4.78 is 13.3. The topological polar surface area (TPSA) is 85.3 Å². The fourth-order valence-corrected chi connectivity index (χ4v) is 4.89. The Kier molecular flexibility index (Phi) is 5.74. The summed E-state index contributed by atoms with van der Waals surface area (Å²) in [5, 5.41) is 10.8. The van der Waals surface area contributed by atoms with Crippen molar-refractivity contribution in [2.75, 3.05) is 38.7 Å². The van der Waals surface area contributed by atoms with Crippen molar-refractivity contribution in [1.29, 1.82) is 0 Å². The average Bonchev–Trinajstić information content (AvgIpc) is 3.53. The lowest BCUT2D eigenvalue weighted by Gasteiger charge is -2.26. The Morgan fingerprint density at radius 3 is 2.90 bits per heavy atom. The van der Waals surface area contributed by atoms with Gasteiger partial charge in [-0.15, -0.1) is 10.2 Å². The predicted molar refractivity (Wildman–Crippen MR) is 114 cm³/mol. The third-order valence-electron chi connectivity index (χ3n) is 5.65. The van der Waals surface area contributed by atoms with Gasteiger partial charge >= 0.3 is 0 Å². The van der Waals surface area contributed by atoms with E-state index in [-0.39, 0.29) is 12.0 Å². The third kappa shape index (κ3) is 3.97. The molecule has 2 saturated heterocycles. The molecule has 1 amide bonds. The van der Waals surface area contributed by atoms with E-state index in [0.29, 0.717) is 38.6 Å². The number of nitrogens with zero attached hydrogens (tertiary/aromatic N) is 4.